The molecule has 0 aliphatic carbocycles. The number of hydrogen-bond donors (Lipinski definition) is 1. The summed E-state index contributed by atoms with van der Waals surface area (Å²) in [6.07, 6.45) is -0.763. The average Bonchev–Trinajstić information content (AvgIpc) is 2.59. The Morgan fingerprint density at radius 3 is 2.61 bits per heavy atom. The van der Waals surface area contributed by atoms with Gasteiger partial charge in [0.05, 0.1) is 5.56 Å². The fraction of sp³-hybridized carbons (Fsp3) is 0.222. The van der Waals surface area contributed by atoms with Crippen LogP contribution in [0.3, 0.4) is 0 Å². The second-order valence-corrected chi connectivity index (χ2v) is 5.26. The van der Waals surface area contributed by atoms with Gasteiger partial charge in [0.2, 0.25) is 0 Å². The number of fused-ring (bicyclic) bond motifs is 1. The van der Waals surface area contributed by atoms with Crippen molar-refractivity contribution in [3.63, 3.8) is 0 Å². The summed E-state index contributed by atoms with van der Waals surface area (Å²) in [6, 6.07) is 15.5. The van der Waals surface area contributed by atoms with Crippen LogP contribution < -0.4 is 10.1 Å². The predicted molar refractivity (Wildman–Crippen MR) is 84.4 cm³/mol. The van der Waals surface area contributed by atoms with Crippen LogP contribution in [0.25, 0.3) is 0 Å². The molecule has 1 heterocycles. The van der Waals surface area contributed by atoms with Gasteiger partial charge in [-0.25, -0.2) is 0 Å². The summed E-state index contributed by atoms with van der Waals surface area (Å²) in [5, 5.41) is 2.72. The van der Waals surface area contributed by atoms with Gasteiger partial charge in [0.1, 0.15) is 18.4 Å². The molecule has 0 bridgehead atoms. The molecular formula is C18H17NO4. The van der Waals surface area contributed by atoms with E-state index in [1.54, 1.807) is 24.3 Å². The van der Waals surface area contributed by atoms with Crippen molar-refractivity contribution in [1.82, 2.24) is 5.32 Å². The normalized spacial score (nSPS) is 17.8. The van der Waals surface area contributed by atoms with E-state index in [0.717, 1.165) is 5.56 Å². The first-order valence-electron chi connectivity index (χ1n) is 7.35. The average molecular weight is 311 g/mol. The SMILES string of the molecule is CO[C@@H](C(=O)N[C@H]1COc2ccccc2C1=O)c1ccccc1. The van der Waals surface area contributed by atoms with Crippen molar-refractivity contribution in [2.45, 2.75) is 12.1 Å². The molecule has 0 aromatic heterocycles. The lowest BCUT2D eigenvalue weighted by Gasteiger charge is -2.26. The maximum absolute atomic E-state index is 12.5. The van der Waals surface area contributed by atoms with E-state index in [0.29, 0.717) is 11.3 Å². The highest BCUT2D eigenvalue weighted by Gasteiger charge is 2.32. The van der Waals surface area contributed by atoms with Crippen molar-refractivity contribution >= 4 is 11.7 Å². The summed E-state index contributed by atoms with van der Waals surface area (Å²) >= 11 is 0. The van der Waals surface area contributed by atoms with Crippen LogP contribution in [0.5, 0.6) is 5.75 Å². The van der Waals surface area contributed by atoms with E-state index in [4.69, 9.17) is 9.47 Å². The number of carbonyl (C=O) groups is 2. The van der Waals surface area contributed by atoms with E-state index in [1.807, 2.05) is 30.3 Å². The molecule has 0 spiro atoms. The van der Waals surface area contributed by atoms with Crippen molar-refractivity contribution in [3.05, 3.63) is 65.7 Å². The van der Waals surface area contributed by atoms with Crippen LogP contribution in [-0.4, -0.2) is 31.4 Å². The van der Waals surface area contributed by atoms with Crippen molar-refractivity contribution in [2.75, 3.05) is 13.7 Å². The Hall–Kier alpha value is -2.66. The van der Waals surface area contributed by atoms with Gasteiger partial charge in [-0.2, -0.15) is 0 Å². The summed E-state index contributed by atoms with van der Waals surface area (Å²) < 4.78 is 10.8. The third-order valence-corrected chi connectivity index (χ3v) is 3.77. The first-order chi connectivity index (χ1) is 11.2. The highest BCUT2D eigenvalue weighted by Crippen LogP contribution is 2.24. The van der Waals surface area contributed by atoms with Crippen molar-refractivity contribution in [1.29, 1.82) is 0 Å². The van der Waals surface area contributed by atoms with E-state index in [2.05, 4.69) is 5.32 Å². The lowest BCUT2D eigenvalue weighted by Crippen LogP contribution is -2.48. The Kier molecular flexibility index (Phi) is 4.39. The monoisotopic (exact) mass is 311 g/mol. The third-order valence-electron chi connectivity index (χ3n) is 3.77. The van der Waals surface area contributed by atoms with E-state index in [-0.39, 0.29) is 18.3 Å². The molecule has 2 aromatic rings. The molecule has 0 radical (unpaired) electrons. The van der Waals surface area contributed by atoms with Crippen LogP contribution in [0, 0.1) is 0 Å². The zero-order valence-corrected chi connectivity index (χ0v) is 12.7. The standard InChI is InChI=1S/C18H17NO4/c1-22-17(12-7-3-2-4-8-12)18(21)19-14-11-23-15-10-6-5-9-13(15)16(14)20/h2-10,14,17H,11H2,1H3,(H,19,21)/t14-,17+/m0/s1. The number of benzene rings is 2. The minimum absolute atomic E-state index is 0.118. The van der Waals surface area contributed by atoms with Gasteiger partial charge in [-0.3, -0.25) is 9.59 Å². The molecule has 5 heteroatoms. The number of para-hydroxylation sites is 1. The maximum Gasteiger partial charge on any atom is 0.254 e. The third kappa shape index (κ3) is 3.10. The molecule has 118 valence electrons. The summed E-state index contributed by atoms with van der Waals surface area (Å²) in [7, 11) is 1.46. The van der Waals surface area contributed by atoms with Gasteiger partial charge in [-0.1, -0.05) is 42.5 Å². The molecule has 0 unspecified atom stereocenters. The number of ketones is 1. The van der Waals surface area contributed by atoms with Gasteiger partial charge in [0.25, 0.3) is 5.91 Å². The van der Waals surface area contributed by atoms with Crippen molar-refractivity contribution in [3.8, 4) is 5.75 Å². The summed E-state index contributed by atoms with van der Waals surface area (Å²) in [5.74, 6) is 0.0393. The quantitative estimate of drug-likeness (QED) is 0.939. The molecule has 0 saturated carbocycles. The number of hydrogen-bond acceptors (Lipinski definition) is 4. The summed E-state index contributed by atoms with van der Waals surface area (Å²) in [4.78, 5) is 24.9. The minimum Gasteiger partial charge on any atom is -0.490 e. The molecule has 0 fully saturated rings. The van der Waals surface area contributed by atoms with Crippen molar-refractivity contribution in [2.24, 2.45) is 0 Å². The second-order valence-electron chi connectivity index (χ2n) is 5.26. The largest absolute Gasteiger partial charge is 0.490 e. The maximum atomic E-state index is 12.5. The van der Waals surface area contributed by atoms with Gasteiger partial charge >= 0.3 is 0 Å². The Morgan fingerprint density at radius 2 is 1.87 bits per heavy atom. The second kappa shape index (κ2) is 6.62. The van der Waals surface area contributed by atoms with E-state index < -0.39 is 12.1 Å². The topological polar surface area (TPSA) is 64.6 Å². The van der Waals surface area contributed by atoms with Crippen LogP contribution in [0.15, 0.2) is 54.6 Å². The number of nitrogens with one attached hydrogen (secondary N) is 1. The molecule has 1 aliphatic rings. The lowest BCUT2D eigenvalue weighted by atomic mass is 10.0. The predicted octanol–water partition coefficient (Wildman–Crippen LogP) is 2.13. The minimum atomic E-state index is -0.763. The number of rotatable bonds is 4. The fourth-order valence-electron chi connectivity index (χ4n) is 2.61. The van der Waals surface area contributed by atoms with Gasteiger partial charge in [-0.15, -0.1) is 0 Å². The van der Waals surface area contributed by atoms with E-state index >= 15 is 0 Å². The van der Waals surface area contributed by atoms with Crippen LogP contribution in [0.2, 0.25) is 0 Å². The molecule has 1 aliphatic heterocycles. The van der Waals surface area contributed by atoms with Gasteiger partial charge in [0, 0.05) is 7.11 Å². The molecule has 5 nitrogen and oxygen atoms in total. The lowest BCUT2D eigenvalue weighted by molar-refractivity contribution is -0.132. The highest BCUT2D eigenvalue weighted by molar-refractivity contribution is 6.05. The van der Waals surface area contributed by atoms with Gasteiger partial charge in [-0.05, 0) is 17.7 Å². The Balaban J connectivity index is 1.74. The molecule has 23 heavy (non-hydrogen) atoms. The molecule has 1 N–H and O–H groups in total. The molecule has 0 saturated heterocycles. The highest BCUT2D eigenvalue weighted by atomic mass is 16.5. The van der Waals surface area contributed by atoms with Crippen LogP contribution in [0.4, 0.5) is 0 Å². The molecule has 1 amide bonds. The smallest absolute Gasteiger partial charge is 0.254 e. The van der Waals surface area contributed by atoms with Gasteiger partial charge in [0.15, 0.2) is 11.9 Å². The molecule has 2 atom stereocenters. The Labute approximate surface area is 134 Å². The Morgan fingerprint density at radius 1 is 1.17 bits per heavy atom. The molecule has 3 rings (SSSR count). The van der Waals surface area contributed by atoms with Crippen LogP contribution in [0.1, 0.15) is 22.0 Å². The number of methoxy groups -OCH3 is 1. The summed E-state index contributed by atoms with van der Waals surface area (Å²) in [5.41, 5.74) is 1.22. The summed E-state index contributed by atoms with van der Waals surface area (Å²) in [6.45, 7) is 0.118. The number of carbonyl (C=O) groups excluding carboxylic acids is 2. The van der Waals surface area contributed by atoms with Gasteiger partial charge < -0.3 is 14.8 Å². The van der Waals surface area contributed by atoms with Crippen LogP contribution in [-0.2, 0) is 9.53 Å². The molecule has 2 aromatic carbocycles. The number of ether oxygens (including phenoxy) is 2. The van der Waals surface area contributed by atoms with E-state index in [1.165, 1.54) is 7.11 Å². The first kappa shape index (κ1) is 15.2. The molecular weight excluding hydrogens is 294 g/mol. The number of Topliss-reactive ketones (excluding diaryl/α,β-unsaturated/α-hetero) is 1. The van der Waals surface area contributed by atoms with Crippen LogP contribution >= 0.6 is 0 Å². The number of amides is 1. The zero-order valence-electron chi connectivity index (χ0n) is 12.7. The van der Waals surface area contributed by atoms with E-state index in [9.17, 15) is 9.59 Å². The first-order valence-corrected chi connectivity index (χ1v) is 7.35. The van der Waals surface area contributed by atoms with Crippen molar-refractivity contribution < 1.29 is 19.1 Å². The Bertz CT molecular complexity index is 714. The zero-order chi connectivity index (χ0) is 16.2. The fourth-order valence-corrected chi connectivity index (χ4v) is 2.61.